The molecular formula is C21H34N6O6S. The van der Waals surface area contributed by atoms with Gasteiger partial charge in [-0.05, 0) is 41.5 Å². The van der Waals surface area contributed by atoms with Crippen molar-refractivity contribution >= 4 is 33.2 Å². The van der Waals surface area contributed by atoms with E-state index in [9.17, 15) is 18.0 Å². The normalized spacial score (nSPS) is 19.6. The number of imidazole rings is 1. The van der Waals surface area contributed by atoms with Gasteiger partial charge < -0.3 is 19.1 Å². The molecule has 12 nitrogen and oxygen atoms in total. The number of nitrogens with zero attached hydrogens (tertiary/aromatic N) is 6. The highest BCUT2D eigenvalue weighted by Gasteiger charge is 2.36. The Labute approximate surface area is 199 Å². The summed E-state index contributed by atoms with van der Waals surface area (Å²) in [6.45, 7) is 12.2. The van der Waals surface area contributed by atoms with Gasteiger partial charge in [-0.15, -0.1) is 0 Å². The summed E-state index contributed by atoms with van der Waals surface area (Å²) in [5.41, 5.74) is -0.0597. The molecule has 1 saturated heterocycles. The van der Waals surface area contributed by atoms with Gasteiger partial charge in [0, 0.05) is 38.8 Å². The van der Waals surface area contributed by atoms with Crippen LogP contribution in [0.1, 0.15) is 47.4 Å². The van der Waals surface area contributed by atoms with Gasteiger partial charge in [0.25, 0.3) is 10.1 Å². The van der Waals surface area contributed by atoms with Gasteiger partial charge in [-0.1, -0.05) is 0 Å². The molecule has 0 saturated carbocycles. The van der Waals surface area contributed by atoms with Gasteiger partial charge in [-0.25, -0.2) is 14.6 Å². The summed E-state index contributed by atoms with van der Waals surface area (Å²) in [6.07, 6.45) is 0.589. The van der Waals surface area contributed by atoms with Gasteiger partial charge in [0.05, 0.1) is 6.26 Å². The Morgan fingerprint density at radius 1 is 1.15 bits per heavy atom. The minimum Gasteiger partial charge on any atom is -0.444 e. The molecule has 190 valence electrons. The number of piperazine rings is 1. The van der Waals surface area contributed by atoms with Gasteiger partial charge in [0.2, 0.25) is 0 Å². The number of aryl methyl sites for hydroxylation is 2. The van der Waals surface area contributed by atoms with E-state index in [1.54, 1.807) is 16.5 Å². The van der Waals surface area contributed by atoms with Crippen LogP contribution in [0.5, 0.6) is 0 Å². The topological polar surface area (TPSA) is 129 Å². The number of carbonyl (C=O) groups excluding carboxylic acids is 1. The second kappa shape index (κ2) is 9.17. The molecule has 3 rings (SSSR count). The Morgan fingerprint density at radius 2 is 1.79 bits per heavy atom. The number of carbonyl (C=O) groups is 1. The van der Waals surface area contributed by atoms with E-state index in [-0.39, 0.29) is 24.8 Å². The van der Waals surface area contributed by atoms with Gasteiger partial charge in [-0.2, -0.15) is 13.4 Å². The molecule has 0 N–H and O–H groups in total. The summed E-state index contributed by atoms with van der Waals surface area (Å²) in [4.78, 5) is 38.1. The summed E-state index contributed by atoms with van der Waals surface area (Å²) >= 11 is 0. The fourth-order valence-corrected chi connectivity index (χ4v) is 4.41. The Balaban J connectivity index is 2.03. The van der Waals surface area contributed by atoms with Gasteiger partial charge in [0.1, 0.15) is 29.2 Å². The molecular weight excluding hydrogens is 464 g/mol. The first-order valence-corrected chi connectivity index (χ1v) is 13.0. The number of ether oxygens (including phenoxy) is 1. The van der Waals surface area contributed by atoms with Crippen molar-refractivity contribution in [3.63, 3.8) is 0 Å². The summed E-state index contributed by atoms with van der Waals surface area (Å²) in [5, 5.41) is 0. The molecule has 2 atom stereocenters. The fourth-order valence-electron chi connectivity index (χ4n) is 4.09. The van der Waals surface area contributed by atoms with Crippen LogP contribution in [-0.2, 0) is 39.2 Å². The summed E-state index contributed by atoms with van der Waals surface area (Å²) in [7, 11) is -2.07. The van der Waals surface area contributed by atoms with Gasteiger partial charge >= 0.3 is 11.8 Å². The Kier molecular flexibility index (Phi) is 7.00. The highest BCUT2D eigenvalue weighted by atomic mass is 32.2. The van der Waals surface area contributed by atoms with E-state index in [1.807, 2.05) is 46.4 Å². The average molecular weight is 499 g/mol. The zero-order valence-electron chi connectivity index (χ0n) is 21.0. The SMILES string of the molecule is CCn1c(COS(C)(=O)=O)nc2c(N3C[C@@H](C)N(C(=O)OC(C)(C)C)C[C@@H]3C)nc(=O)n(C)c21. The lowest BCUT2D eigenvalue weighted by Crippen LogP contribution is -2.59. The van der Waals surface area contributed by atoms with Crippen molar-refractivity contribution in [2.45, 2.75) is 72.4 Å². The molecule has 2 aromatic rings. The molecule has 13 heteroatoms. The molecule has 1 aliphatic rings. The Bertz CT molecular complexity index is 1250. The highest BCUT2D eigenvalue weighted by Crippen LogP contribution is 2.29. The maximum absolute atomic E-state index is 12.8. The first-order chi connectivity index (χ1) is 15.6. The fraction of sp³-hybridized carbons (Fsp3) is 0.714. The number of rotatable bonds is 5. The number of anilines is 1. The van der Waals surface area contributed by atoms with Crippen molar-refractivity contribution in [3.8, 4) is 0 Å². The quantitative estimate of drug-likeness (QED) is 0.563. The highest BCUT2D eigenvalue weighted by molar-refractivity contribution is 7.85. The van der Waals surface area contributed by atoms with E-state index in [1.165, 1.54) is 4.57 Å². The van der Waals surface area contributed by atoms with Crippen molar-refractivity contribution < 1.29 is 22.1 Å². The molecule has 3 heterocycles. The maximum atomic E-state index is 12.8. The molecule has 0 aromatic carbocycles. The van der Waals surface area contributed by atoms with E-state index in [2.05, 4.69) is 9.97 Å². The third-order valence-corrected chi connectivity index (χ3v) is 6.19. The molecule has 0 bridgehead atoms. The van der Waals surface area contributed by atoms with Crippen LogP contribution in [0.2, 0.25) is 0 Å². The van der Waals surface area contributed by atoms with Crippen molar-refractivity contribution in [2.24, 2.45) is 7.05 Å². The van der Waals surface area contributed by atoms with E-state index in [0.29, 0.717) is 42.4 Å². The molecule has 0 radical (unpaired) electrons. The zero-order valence-corrected chi connectivity index (χ0v) is 21.8. The molecule has 2 aromatic heterocycles. The molecule has 0 spiro atoms. The van der Waals surface area contributed by atoms with Crippen LogP contribution in [0, 0.1) is 0 Å². The van der Waals surface area contributed by atoms with Gasteiger partial charge in [-0.3, -0.25) is 8.75 Å². The minimum atomic E-state index is -3.67. The largest absolute Gasteiger partial charge is 0.444 e. The van der Waals surface area contributed by atoms with Crippen LogP contribution in [-0.4, -0.2) is 75.5 Å². The second-order valence-electron chi connectivity index (χ2n) is 9.67. The third kappa shape index (κ3) is 5.35. The van der Waals surface area contributed by atoms with Crippen LogP contribution in [0.15, 0.2) is 4.79 Å². The third-order valence-electron chi connectivity index (χ3n) is 5.64. The van der Waals surface area contributed by atoms with Crippen molar-refractivity contribution in [1.82, 2.24) is 24.0 Å². The van der Waals surface area contributed by atoms with Crippen molar-refractivity contribution in [2.75, 3.05) is 24.2 Å². The van der Waals surface area contributed by atoms with Crippen LogP contribution < -0.4 is 10.6 Å². The van der Waals surface area contributed by atoms with Crippen molar-refractivity contribution in [3.05, 3.63) is 16.3 Å². The average Bonchev–Trinajstić information content (AvgIpc) is 3.07. The number of hydrogen-bond donors (Lipinski definition) is 0. The zero-order chi connectivity index (χ0) is 25.6. The predicted molar refractivity (Wildman–Crippen MR) is 127 cm³/mol. The number of aromatic nitrogens is 4. The lowest BCUT2D eigenvalue weighted by Gasteiger charge is -2.44. The first kappa shape index (κ1) is 25.9. The Hall–Kier alpha value is -2.67. The number of fused-ring (bicyclic) bond motifs is 1. The van der Waals surface area contributed by atoms with Gasteiger partial charge in [0.15, 0.2) is 5.82 Å². The summed E-state index contributed by atoms with van der Waals surface area (Å²) in [5.74, 6) is 0.773. The summed E-state index contributed by atoms with van der Waals surface area (Å²) in [6, 6.07) is -0.373. The number of hydrogen-bond acceptors (Lipinski definition) is 9. The first-order valence-electron chi connectivity index (χ1n) is 11.2. The van der Waals surface area contributed by atoms with E-state index >= 15 is 0 Å². The van der Waals surface area contributed by atoms with Crippen molar-refractivity contribution in [1.29, 1.82) is 0 Å². The second-order valence-corrected chi connectivity index (χ2v) is 11.3. The molecule has 1 fully saturated rings. The van der Waals surface area contributed by atoms with Crippen LogP contribution in [0.4, 0.5) is 10.6 Å². The standard InChI is InChI=1S/C21H34N6O6S/c1-9-25-15(12-32-34(8,30)31)22-16-17(23-19(28)24(7)18(16)25)26-10-14(3)27(11-13(26)2)20(29)33-21(4,5)6/h13-14H,9-12H2,1-8H3/t13-,14+/m0/s1. The molecule has 1 aliphatic heterocycles. The number of amides is 1. The smallest absolute Gasteiger partial charge is 0.410 e. The van der Waals surface area contributed by atoms with E-state index in [0.717, 1.165) is 6.26 Å². The van der Waals surface area contributed by atoms with Crippen LogP contribution in [0.3, 0.4) is 0 Å². The molecule has 0 aliphatic carbocycles. The van der Waals surface area contributed by atoms with E-state index in [4.69, 9.17) is 8.92 Å². The molecule has 1 amide bonds. The lowest BCUT2D eigenvalue weighted by molar-refractivity contribution is 0.0130. The predicted octanol–water partition coefficient (Wildman–Crippen LogP) is 1.46. The maximum Gasteiger partial charge on any atom is 0.410 e. The minimum absolute atomic E-state index is 0.172. The van der Waals surface area contributed by atoms with Crippen LogP contribution >= 0.6 is 0 Å². The van der Waals surface area contributed by atoms with Crippen LogP contribution in [0.25, 0.3) is 11.2 Å². The van der Waals surface area contributed by atoms with E-state index < -0.39 is 21.4 Å². The molecule has 0 unspecified atom stereocenters. The summed E-state index contributed by atoms with van der Waals surface area (Å²) < 4.78 is 36.7. The lowest BCUT2D eigenvalue weighted by atomic mass is 10.1. The molecule has 34 heavy (non-hydrogen) atoms. The Morgan fingerprint density at radius 3 is 2.35 bits per heavy atom. The monoisotopic (exact) mass is 498 g/mol.